The molecule has 86 valence electrons. The van der Waals surface area contributed by atoms with E-state index in [-0.39, 0.29) is 5.92 Å². The third-order valence-electron chi connectivity index (χ3n) is 1.70. The molecule has 1 heterocycles. The molecule has 0 aromatic carbocycles. The first-order valence-electron chi connectivity index (χ1n) is 4.94. The molecule has 4 heteroatoms. The van der Waals surface area contributed by atoms with Crippen molar-refractivity contribution in [2.75, 3.05) is 0 Å². The van der Waals surface area contributed by atoms with Gasteiger partial charge < -0.3 is 0 Å². The van der Waals surface area contributed by atoms with Gasteiger partial charge in [0.2, 0.25) is 0 Å². The molecular formula is C11H16F3N. The van der Waals surface area contributed by atoms with E-state index in [2.05, 4.69) is 4.98 Å². The molecule has 1 aromatic heterocycles. The van der Waals surface area contributed by atoms with Gasteiger partial charge in [0.1, 0.15) is 0 Å². The lowest BCUT2D eigenvalue weighted by Gasteiger charge is -2.09. The molecule has 1 aromatic rings. The standard InChI is InChI=1S/C9H10F3N.C2H6/c1-6(2)8-5-7(3-4-13-8)9(10,11)12;1-2/h3-6H,1-2H3;1-2H3. The smallest absolute Gasteiger partial charge is 0.261 e. The summed E-state index contributed by atoms with van der Waals surface area (Å²) in [5, 5.41) is 0. The Kier molecular flexibility index (Phi) is 5.33. The third-order valence-corrected chi connectivity index (χ3v) is 1.70. The summed E-state index contributed by atoms with van der Waals surface area (Å²) < 4.78 is 36.6. The molecule has 0 aliphatic rings. The second kappa shape index (κ2) is 5.73. The van der Waals surface area contributed by atoms with Gasteiger partial charge in [-0.05, 0) is 18.1 Å². The van der Waals surface area contributed by atoms with Crippen LogP contribution in [0.1, 0.15) is 44.9 Å². The van der Waals surface area contributed by atoms with E-state index in [4.69, 9.17) is 0 Å². The largest absolute Gasteiger partial charge is 0.416 e. The van der Waals surface area contributed by atoms with Crippen molar-refractivity contribution in [2.45, 2.75) is 39.8 Å². The highest BCUT2D eigenvalue weighted by Crippen LogP contribution is 2.30. The molecule has 0 bridgehead atoms. The molecule has 15 heavy (non-hydrogen) atoms. The van der Waals surface area contributed by atoms with Gasteiger partial charge in [0.25, 0.3) is 0 Å². The van der Waals surface area contributed by atoms with Crippen LogP contribution in [-0.4, -0.2) is 4.98 Å². The van der Waals surface area contributed by atoms with Crippen LogP contribution in [-0.2, 0) is 6.18 Å². The average Bonchev–Trinajstić information content (AvgIpc) is 2.20. The normalized spacial score (nSPS) is 10.9. The van der Waals surface area contributed by atoms with Crippen LogP contribution < -0.4 is 0 Å². The maximum absolute atomic E-state index is 12.2. The Morgan fingerprint density at radius 3 is 2.13 bits per heavy atom. The van der Waals surface area contributed by atoms with Crippen LogP contribution in [0.2, 0.25) is 0 Å². The molecule has 0 atom stereocenters. The molecule has 0 aliphatic heterocycles. The summed E-state index contributed by atoms with van der Waals surface area (Å²) >= 11 is 0. The second-order valence-corrected chi connectivity index (χ2v) is 3.12. The van der Waals surface area contributed by atoms with Gasteiger partial charge in [-0.1, -0.05) is 27.7 Å². The molecule has 0 aliphatic carbocycles. The minimum Gasteiger partial charge on any atom is -0.261 e. The number of halogens is 3. The van der Waals surface area contributed by atoms with Crippen molar-refractivity contribution < 1.29 is 13.2 Å². The Balaban J connectivity index is 0.000000921. The number of nitrogens with zero attached hydrogens (tertiary/aromatic N) is 1. The minimum absolute atomic E-state index is 0.0160. The quantitative estimate of drug-likeness (QED) is 0.688. The fourth-order valence-electron chi connectivity index (χ4n) is 0.940. The summed E-state index contributed by atoms with van der Waals surface area (Å²) in [5.74, 6) is 0.0160. The fraction of sp³-hybridized carbons (Fsp3) is 0.545. The third kappa shape index (κ3) is 4.32. The lowest BCUT2D eigenvalue weighted by Crippen LogP contribution is -2.06. The SMILES string of the molecule is CC.CC(C)c1cc(C(F)(F)F)ccn1. The summed E-state index contributed by atoms with van der Waals surface area (Å²) in [4.78, 5) is 3.85. The molecular weight excluding hydrogens is 203 g/mol. The van der Waals surface area contributed by atoms with E-state index < -0.39 is 11.7 Å². The molecule has 0 fully saturated rings. The van der Waals surface area contributed by atoms with Gasteiger partial charge >= 0.3 is 6.18 Å². The van der Waals surface area contributed by atoms with Crippen molar-refractivity contribution in [1.82, 2.24) is 4.98 Å². The van der Waals surface area contributed by atoms with E-state index in [1.165, 1.54) is 6.20 Å². The van der Waals surface area contributed by atoms with Crippen molar-refractivity contribution in [3.8, 4) is 0 Å². The molecule has 0 saturated carbocycles. The first-order chi connectivity index (χ1) is 6.91. The molecule has 1 rings (SSSR count). The van der Waals surface area contributed by atoms with Crippen LogP contribution in [0.3, 0.4) is 0 Å². The van der Waals surface area contributed by atoms with Crippen molar-refractivity contribution in [3.05, 3.63) is 29.6 Å². The van der Waals surface area contributed by atoms with Crippen molar-refractivity contribution in [3.63, 3.8) is 0 Å². The number of rotatable bonds is 1. The Bertz CT molecular complexity index is 292. The monoisotopic (exact) mass is 219 g/mol. The van der Waals surface area contributed by atoms with E-state index in [9.17, 15) is 13.2 Å². The minimum atomic E-state index is -4.27. The van der Waals surface area contributed by atoms with Crippen molar-refractivity contribution >= 4 is 0 Å². The Morgan fingerprint density at radius 2 is 1.73 bits per heavy atom. The average molecular weight is 219 g/mol. The molecule has 0 N–H and O–H groups in total. The zero-order valence-corrected chi connectivity index (χ0v) is 9.39. The van der Waals surface area contributed by atoms with Gasteiger partial charge in [-0.15, -0.1) is 0 Å². The summed E-state index contributed by atoms with van der Waals surface area (Å²) in [5.41, 5.74) is -0.166. The predicted molar refractivity (Wildman–Crippen MR) is 54.7 cm³/mol. The first kappa shape index (κ1) is 13.9. The van der Waals surface area contributed by atoms with Crippen molar-refractivity contribution in [2.24, 2.45) is 0 Å². The predicted octanol–water partition coefficient (Wildman–Crippen LogP) is 4.25. The summed E-state index contributed by atoms with van der Waals surface area (Å²) in [7, 11) is 0. The topological polar surface area (TPSA) is 12.9 Å². The fourth-order valence-corrected chi connectivity index (χ4v) is 0.940. The zero-order chi connectivity index (χ0) is 12.1. The van der Waals surface area contributed by atoms with E-state index >= 15 is 0 Å². The van der Waals surface area contributed by atoms with Crippen LogP contribution in [0, 0.1) is 0 Å². The van der Waals surface area contributed by atoms with E-state index in [1.54, 1.807) is 0 Å². The van der Waals surface area contributed by atoms with Crippen LogP contribution in [0.25, 0.3) is 0 Å². The highest BCUT2D eigenvalue weighted by molar-refractivity contribution is 5.20. The number of hydrogen-bond acceptors (Lipinski definition) is 1. The van der Waals surface area contributed by atoms with Crippen LogP contribution in [0.5, 0.6) is 0 Å². The maximum atomic E-state index is 12.2. The van der Waals surface area contributed by atoms with Crippen LogP contribution in [0.15, 0.2) is 18.3 Å². The highest BCUT2D eigenvalue weighted by atomic mass is 19.4. The molecule has 0 saturated heterocycles. The summed E-state index contributed by atoms with van der Waals surface area (Å²) in [6.07, 6.45) is -3.08. The lowest BCUT2D eigenvalue weighted by atomic mass is 10.1. The van der Waals surface area contributed by atoms with Crippen molar-refractivity contribution in [1.29, 1.82) is 0 Å². The van der Waals surface area contributed by atoms with Gasteiger partial charge in [0.15, 0.2) is 0 Å². The van der Waals surface area contributed by atoms with Gasteiger partial charge in [0.05, 0.1) is 5.56 Å². The van der Waals surface area contributed by atoms with Crippen LogP contribution >= 0.6 is 0 Å². The Hall–Kier alpha value is -1.06. The molecule has 0 spiro atoms. The molecule has 1 nitrogen and oxygen atoms in total. The lowest BCUT2D eigenvalue weighted by molar-refractivity contribution is -0.137. The maximum Gasteiger partial charge on any atom is 0.416 e. The van der Waals surface area contributed by atoms with Gasteiger partial charge in [-0.2, -0.15) is 13.2 Å². The Labute approximate surface area is 88.3 Å². The zero-order valence-electron chi connectivity index (χ0n) is 9.39. The first-order valence-corrected chi connectivity index (χ1v) is 4.94. The van der Waals surface area contributed by atoms with E-state index in [0.717, 1.165) is 12.1 Å². The summed E-state index contributed by atoms with van der Waals surface area (Å²) in [6.45, 7) is 7.62. The van der Waals surface area contributed by atoms with E-state index in [1.807, 2.05) is 27.7 Å². The number of pyridine rings is 1. The van der Waals surface area contributed by atoms with Gasteiger partial charge in [-0.3, -0.25) is 4.98 Å². The number of hydrogen-bond donors (Lipinski definition) is 0. The van der Waals surface area contributed by atoms with Gasteiger partial charge in [0, 0.05) is 11.9 Å². The number of aromatic nitrogens is 1. The van der Waals surface area contributed by atoms with Gasteiger partial charge in [-0.25, -0.2) is 0 Å². The number of alkyl halides is 3. The van der Waals surface area contributed by atoms with E-state index in [0.29, 0.717) is 5.69 Å². The molecule has 0 unspecified atom stereocenters. The molecule has 0 radical (unpaired) electrons. The second-order valence-electron chi connectivity index (χ2n) is 3.12. The Morgan fingerprint density at radius 1 is 1.20 bits per heavy atom. The highest BCUT2D eigenvalue weighted by Gasteiger charge is 2.30. The van der Waals surface area contributed by atoms with Crippen LogP contribution in [0.4, 0.5) is 13.2 Å². The summed E-state index contributed by atoms with van der Waals surface area (Å²) in [6, 6.07) is 2.07. The molecule has 0 amide bonds.